The molecule has 2 bridgehead atoms. The summed E-state index contributed by atoms with van der Waals surface area (Å²) in [6.45, 7) is 3.16. The molecule has 1 aromatic rings. The van der Waals surface area contributed by atoms with Crippen LogP contribution in [0.2, 0.25) is 0 Å². The first-order valence-corrected chi connectivity index (χ1v) is 8.28. The second-order valence-electron chi connectivity index (χ2n) is 6.44. The fourth-order valence-electron chi connectivity index (χ4n) is 3.89. The first kappa shape index (κ1) is 14.7. The van der Waals surface area contributed by atoms with Crippen LogP contribution in [0, 0.1) is 0 Å². The van der Waals surface area contributed by atoms with Gasteiger partial charge in [-0.25, -0.2) is 0 Å². The molecule has 3 aliphatic rings. The first-order chi connectivity index (χ1) is 10.8. The van der Waals surface area contributed by atoms with Crippen LogP contribution in [0.1, 0.15) is 25.0 Å². The molecule has 0 radical (unpaired) electrons. The molecule has 1 aromatic heterocycles. The molecular weight excluding hydrogens is 284 g/mol. The van der Waals surface area contributed by atoms with E-state index in [2.05, 4.69) is 10.2 Å². The monoisotopic (exact) mass is 308 g/mol. The molecule has 3 aliphatic heterocycles. The number of hydrogen-bond acceptors (Lipinski definition) is 6. The van der Waals surface area contributed by atoms with Crippen molar-refractivity contribution in [1.82, 2.24) is 10.2 Å². The van der Waals surface area contributed by atoms with Crippen LogP contribution in [0.5, 0.6) is 0 Å². The van der Waals surface area contributed by atoms with Gasteiger partial charge in [0.15, 0.2) is 6.29 Å². The van der Waals surface area contributed by atoms with Crippen LogP contribution < -0.4 is 5.32 Å². The molecule has 3 saturated heterocycles. The Morgan fingerprint density at radius 1 is 1.27 bits per heavy atom. The van der Waals surface area contributed by atoms with Gasteiger partial charge < -0.3 is 24.3 Å². The van der Waals surface area contributed by atoms with Gasteiger partial charge in [-0.05, 0) is 38.1 Å². The molecule has 6 nitrogen and oxygen atoms in total. The summed E-state index contributed by atoms with van der Waals surface area (Å²) in [4.78, 5) is 2.34. The van der Waals surface area contributed by atoms with Crippen molar-refractivity contribution in [1.29, 1.82) is 0 Å². The average Bonchev–Trinajstić information content (AvgIpc) is 3.19. The molecule has 3 fully saturated rings. The van der Waals surface area contributed by atoms with Crippen LogP contribution in [-0.2, 0) is 16.0 Å². The molecular formula is C16H24N2O4. The van der Waals surface area contributed by atoms with Crippen molar-refractivity contribution in [3.8, 4) is 0 Å². The van der Waals surface area contributed by atoms with Gasteiger partial charge in [-0.3, -0.25) is 4.90 Å². The molecule has 6 heteroatoms. The number of ether oxygens (including phenoxy) is 2. The SMILES string of the molecule is O[C@H]1[C@@H](NCc2ccco2)[C@@H]2CO[C@H](O2)[C@@H]1N1CCCCC1. The Kier molecular flexibility index (Phi) is 4.19. The van der Waals surface area contributed by atoms with E-state index in [1.54, 1.807) is 6.26 Å². The van der Waals surface area contributed by atoms with E-state index < -0.39 is 6.10 Å². The summed E-state index contributed by atoms with van der Waals surface area (Å²) in [6.07, 6.45) is 4.44. The fourth-order valence-corrected chi connectivity index (χ4v) is 3.89. The van der Waals surface area contributed by atoms with Crippen molar-refractivity contribution >= 4 is 0 Å². The Bertz CT molecular complexity index is 475. The van der Waals surface area contributed by atoms with Gasteiger partial charge in [0, 0.05) is 0 Å². The molecule has 122 valence electrons. The largest absolute Gasteiger partial charge is 0.468 e. The standard InChI is InChI=1S/C16H24N2O4/c19-15-13(17-9-11-5-4-8-20-11)12-10-21-16(22-12)14(15)18-6-2-1-3-7-18/h4-5,8,12-17,19H,1-3,6-7,9-10H2/t12-,13-,14+,15-,16+/m0/s1. The fraction of sp³-hybridized carbons (Fsp3) is 0.750. The highest BCUT2D eigenvalue weighted by Crippen LogP contribution is 2.32. The zero-order valence-electron chi connectivity index (χ0n) is 12.7. The molecule has 0 aromatic carbocycles. The molecule has 0 aliphatic carbocycles. The molecule has 5 atom stereocenters. The number of hydrogen-bond donors (Lipinski definition) is 2. The Hall–Kier alpha value is -0.920. The maximum atomic E-state index is 10.9. The molecule has 4 rings (SSSR count). The van der Waals surface area contributed by atoms with E-state index >= 15 is 0 Å². The summed E-state index contributed by atoms with van der Waals surface area (Å²) in [5, 5.41) is 14.3. The maximum absolute atomic E-state index is 10.9. The average molecular weight is 308 g/mol. The maximum Gasteiger partial charge on any atom is 0.176 e. The van der Waals surface area contributed by atoms with Crippen molar-refractivity contribution in [2.45, 2.75) is 56.4 Å². The highest BCUT2D eigenvalue weighted by Gasteiger charge is 2.51. The number of rotatable bonds is 4. The Morgan fingerprint density at radius 3 is 2.91 bits per heavy atom. The van der Waals surface area contributed by atoms with Crippen LogP contribution in [0.25, 0.3) is 0 Å². The van der Waals surface area contributed by atoms with E-state index in [4.69, 9.17) is 13.9 Å². The number of piperidine rings is 1. The molecule has 0 amide bonds. The lowest BCUT2D eigenvalue weighted by atomic mass is 9.93. The second-order valence-corrected chi connectivity index (χ2v) is 6.44. The van der Waals surface area contributed by atoms with Crippen molar-refractivity contribution in [2.75, 3.05) is 19.7 Å². The van der Waals surface area contributed by atoms with Gasteiger partial charge in [-0.2, -0.15) is 0 Å². The summed E-state index contributed by atoms with van der Waals surface area (Å²) in [5.41, 5.74) is 0. The summed E-state index contributed by atoms with van der Waals surface area (Å²) in [6, 6.07) is 3.60. The lowest BCUT2D eigenvalue weighted by Crippen LogP contribution is -2.64. The lowest BCUT2D eigenvalue weighted by Gasteiger charge is -2.45. The van der Waals surface area contributed by atoms with Crippen LogP contribution in [-0.4, -0.2) is 60.3 Å². The van der Waals surface area contributed by atoms with Crippen LogP contribution in [0.4, 0.5) is 0 Å². The molecule has 0 spiro atoms. The topological polar surface area (TPSA) is 67.1 Å². The van der Waals surface area contributed by atoms with E-state index in [-0.39, 0.29) is 24.5 Å². The van der Waals surface area contributed by atoms with Gasteiger partial charge in [0.25, 0.3) is 0 Å². The lowest BCUT2D eigenvalue weighted by molar-refractivity contribution is -0.184. The van der Waals surface area contributed by atoms with Crippen molar-refractivity contribution in [2.24, 2.45) is 0 Å². The predicted octanol–water partition coefficient (Wildman–Crippen LogP) is 0.708. The Balaban J connectivity index is 1.46. The van der Waals surface area contributed by atoms with Crippen molar-refractivity contribution in [3.63, 3.8) is 0 Å². The second kappa shape index (κ2) is 6.29. The van der Waals surface area contributed by atoms with Crippen molar-refractivity contribution in [3.05, 3.63) is 24.2 Å². The third-order valence-electron chi connectivity index (χ3n) is 5.04. The normalized spacial score (nSPS) is 39.2. The minimum absolute atomic E-state index is 0.0758. The van der Waals surface area contributed by atoms with E-state index in [0.717, 1.165) is 18.8 Å². The first-order valence-electron chi connectivity index (χ1n) is 8.28. The highest BCUT2D eigenvalue weighted by molar-refractivity contribution is 5.04. The number of likely N-dealkylation sites (tertiary alicyclic amines) is 1. The molecule has 0 unspecified atom stereocenters. The van der Waals surface area contributed by atoms with Crippen LogP contribution in [0.3, 0.4) is 0 Å². The number of nitrogens with one attached hydrogen (secondary N) is 1. The Morgan fingerprint density at radius 2 is 2.14 bits per heavy atom. The quantitative estimate of drug-likeness (QED) is 0.854. The van der Waals surface area contributed by atoms with Crippen LogP contribution >= 0.6 is 0 Å². The zero-order valence-corrected chi connectivity index (χ0v) is 12.7. The third-order valence-corrected chi connectivity index (χ3v) is 5.04. The third kappa shape index (κ3) is 2.70. The number of aliphatic hydroxyl groups is 1. The minimum Gasteiger partial charge on any atom is -0.468 e. The van der Waals surface area contributed by atoms with Gasteiger partial charge >= 0.3 is 0 Å². The smallest absolute Gasteiger partial charge is 0.176 e. The van der Waals surface area contributed by atoms with E-state index in [9.17, 15) is 5.11 Å². The number of nitrogens with zero attached hydrogens (tertiary/aromatic N) is 1. The number of fused-ring (bicyclic) bond motifs is 2. The van der Waals surface area contributed by atoms with E-state index in [0.29, 0.717) is 13.2 Å². The summed E-state index contributed by atoms with van der Waals surface area (Å²) >= 11 is 0. The summed E-state index contributed by atoms with van der Waals surface area (Å²) in [7, 11) is 0. The van der Waals surface area contributed by atoms with Gasteiger partial charge in [-0.1, -0.05) is 6.42 Å². The van der Waals surface area contributed by atoms with Gasteiger partial charge in [0.1, 0.15) is 11.9 Å². The molecule has 0 saturated carbocycles. The molecule has 4 heterocycles. The molecule has 22 heavy (non-hydrogen) atoms. The predicted molar refractivity (Wildman–Crippen MR) is 79.2 cm³/mol. The minimum atomic E-state index is -0.487. The molecule has 2 N–H and O–H groups in total. The summed E-state index contributed by atoms with van der Waals surface area (Å²) < 4.78 is 17.1. The van der Waals surface area contributed by atoms with E-state index in [1.807, 2.05) is 12.1 Å². The number of aliphatic hydroxyl groups excluding tert-OH is 1. The van der Waals surface area contributed by atoms with Crippen molar-refractivity contribution < 1.29 is 19.0 Å². The zero-order chi connectivity index (χ0) is 14.9. The van der Waals surface area contributed by atoms with Gasteiger partial charge in [-0.15, -0.1) is 0 Å². The summed E-state index contributed by atoms with van der Waals surface area (Å²) in [5.74, 6) is 0.864. The van der Waals surface area contributed by atoms with Crippen LogP contribution in [0.15, 0.2) is 22.8 Å². The Labute approximate surface area is 130 Å². The highest BCUT2D eigenvalue weighted by atomic mass is 16.7. The van der Waals surface area contributed by atoms with Gasteiger partial charge in [0.2, 0.25) is 0 Å². The van der Waals surface area contributed by atoms with Gasteiger partial charge in [0.05, 0.1) is 37.6 Å². The number of furan rings is 1. The van der Waals surface area contributed by atoms with E-state index in [1.165, 1.54) is 19.3 Å².